The Balaban J connectivity index is 2.14. The summed E-state index contributed by atoms with van der Waals surface area (Å²) in [5, 5.41) is 38.1. The predicted molar refractivity (Wildman–Crippen MR) is 227 cm³/mol. The van der Waals surface area contributed by atoms with Gasteiger partial charge in [-0.15, -0.1) is 0 Å². The Morgan fingerprint density at radius 1 is 0.737 bits per heavy atom. The average molecular weight is 804 g/mol. The zero-order valence-electron chi connectivity index (χ0n) is 36.1. The van der Waals surface area contributed by atoms with Crippen molar-refractivity contribution in [3.05, 3.63) is 35.9 Å². The molecule has 0 saturated carbocycles. The minimum absolute atomic E-state index is 0.0167. The normalized spacial score (nSPS) is 20.0. The van der Waals surface area contributed by atoms with Gasteiger partial charge in [-0.05, 0) is 30.7 Å². The highest BCUT2D eigenvalue weighted by Crippen LogP contribution is 2.26. The van der Waals surface area contributed by atoms with Crippen molar-refractivity contribution >= 4 is 17.9 Å². The monoisotopic (exact) mass is 804 g/mol. The van der Waals surface area contributed by atoms with E-state index in [1.54, 1.807) is 4.90 Å². The molecular weight excluding hydrogens is 723 g/mol. The minimum Gasteiger partial charge on any atom is -0.445 e. The second-order valence-electron chi connectivity index (χ2n) is 16.7. The number of rotatable bonds is 32. The standard InChI is InChI=1S/C46H81N3O8/c1-5-7-9-11-13-15-17-18-20-22-27-31-40(51)49(32-28-23-21-19-16-14-12-10-8-6-2)45-41(43(53)42(52)39(34-50)57-45)48-44(54)38(33-36(3)4)47-46(55)56-35-37-29-25-24-26-30-37/h24-26,29-30,36,38-39,41-43,45,50,52-53H,5-23,27-28,31-35H2,1-4H3,(H,47,55)(H,48,54)/t38-,39+,41+,42+,43+,45+/m0/s1. The van der Waals surface area contributed by atoms with Crippen LogP contribution in [0.2, 0.25) is 0 Å². The topological polar surface area (TPSA) is 158 Å². The van der Waals surface area contributed by atoms with Gasteiger partial charge in [0.2, 0.25) is 11.8 Å². The molecule has 11 heteroatoms. The van der Waals surface area contributed by atoms with E-state index in [9.17, 15) is 29.7 Å². The van der Waals surface area contributed by atoms with E-state index in [2.05, 4.69) is 24.5 Å². The molecule has 0 radical (unpaired) electrons. The second-order valence-corrected chi connectivity index (χ2v) is 16.7. The maximum absolute atomic E-state index is 14.1. The molecule has 2 rings (SSSR count). The molecule has 0 unspecified atom stereocenters. The van der Waals surface area contributed by atoms with Gasteiger partial charge in [-0.1, -0.05) is 180 Å². The summed E-state index contributed by atoms with van der Waals surface area (Å²) in [6.45, 7) is 8.12. The average Bonchev–Trinajstić information content (AvgIpc) is 3.20. The molecule has 3 amide bonds. The lowest BCUT2D eigenvalue weighted by molar-refractivity contribution is -0.231. The van der Waals surface area contributed by atoms with Crippen LogP contribution >= 0.6 is 0 Å². The third-order valence-corrected chi connectivity index (χ3v) is 11.1. The summed E-state index contributed by atoms with van der Waals surface area (Å²) >= 11 is 0. The Kier molecular flexibility index (Phi) is 27.6. The highest BCUT2D eigenvalue weighted by molar-refractivity contribution is 5.86. The van der Waals surface area contributed by atoms with Gasteiger partial charge in [0, 0.05) is 13.0 Å². The van der Waals surface area contributed by atoms with E-state index in [4.69, 9.17) is 9.47 Å². The van der Waals surface area contributed by atoms with Crippen molar-refractivity contribution in [1.82, 2.24) is 15.5 Å². The first kappa shape index (κ1) is 50.4. The highest BCUT2D eigenvalue weighted by Gasteiger charge is 2.48. The van der Waals surface area contributed by atoms with Gasteiger partial charge in [-0.2, -0.15) is 0 Å². The smallest absolute Gasteiger partial charge is 0.408 e. The Morgan fingerprint density at radius 3 is 1.75 bits per heavy atom. The lowest BCUT2D eigenvalue weighted by atomic mass is 9.94. The van der Waals surface area contributed by atoms with Crippen LogP contribution < -0.4 is 10.6 Å². The molecule has 6 atom stereocenters. The quantitative estimate of drug-likeness (QED) is 0.0453. The van der Waals surface area contributed by atoms with Gasteiger partial charge >= 0.3 is 6.09 Å². The molecule has 1 aromatic rings. The number of carbonyl (C=O) groups is 3. The van der Waals surface area contributed by atoms with Gasteiger partial charge in [0.05, 0.1) is 6.61 Å². The number of ether oxygens (including phenoxy) is 2. The Bertz CT molecular complexity index is 1190. The maximum Gasteiger partial charge on any atom is 0.408 e. The second kappa shape index (κ2) is 31.2. The van der Waals surface area contributed by atoms with E-state index in [-0.39, 0.29) is 24.9 Å². The van der Waals surface area contributed by atoms with E-state index in [0.717, 1.165) is 44.1 Å². The van der Waals surface area contributed by atoms with Crippen molar-refractivity contribution in [1.29, 1.82) is 0 Å². The fourth-order valence-electron chi connectivity index (χ4n) is 7.64. The number of alkyl carbamates (subject to hydrolysis) is 1. The zero-order chi connectivity index (χ0) is 41.7. The molecular formula is C46H81N3O8. The van der Waals surface area contributed by atoms with Crippen LogP contribution in [0.3, 0.4) is 0 Å². The van der Waals surface area contributed by atoms with E-state index in [0.29, 0.717) is 25.8 Å². The number of hydrogen-bond acceptors (Lipinski definition) is 8. The van der Waals surface area contributed by atoms with Crippen LogP contribution in [0.15, 0.2) is 30.3 Å². The summed E-state index contributed by atoms with van der Waals surface area (Å²) in [5.41, 5.74) is 0.801. The summed E-state index contributed by atoms with van der Waals surface area (Å²) in [6, 6.07) is 7.00. The predicted octanol–water partition coefficient (Wildman–Crippen LogP) is 8.70. The molecule has 1 heterocycles. The van der Waals surface area contributed by atoms with Gasteiger partial charge in [-0.3, -0.25) is 9.59 Å². The molecule has 1 saturated heterocycles. The summed E-state index contributed by atoms with van der Waals surface area (Å²) in [7, 11) is 0. The first-order chi connectivity index (χ1) is 27.6. The van der Waals surface area contributed by atoms with Crippen molar-refractivity contribution in [3.8, 4) is 0 Å². The van der Waals surface area contributed by atoms with E-state index in [1.807, 2.05) is 44.2 Å². The van der Waals surface area contributed by atoms with Crippen LogP contribution in [-0.2, 0) is 25.7 Å². The molecule has 11 nitrogen and oxygen atoms in total. The van der Waals surface area contributed by atoms with Crippen LogP contribution in [0.4, 0.5) is 4.79 Å². The third-order valence-electron chi connectivity index (χ3n) is 11.1. The molecule has 0 bridgehead atoms. The van der Waals surface area contributed by atoms with Crippen molar-refractivity contribution in [2.45, 2.75) is 219 Å². The Hall–Kier alpha value is -2.73. The van der Waals surface area contributed by atoms with Gasteiger partial charge in [-0.25, -0.2) is 4.79 Å². The van der Waals surface area contributed by atoms with Gasteiger partial charge in [0.15, 0.2) is 6.23 Å². The fraction of sp³-hybridized carbons (Fsp3) is 0.804. The largest absolute Gasteiger partial charge is 0.445 e. The van der Waals surface area contributed by atoms with Gasteiger partial charge < -0.3 is 40.3 Å². The number of unbranched alkanes of at least 4 members (excludes halogenated alkanes) is 19. The SMILES string of the molecule is CCCCCCCCCCCCCC(=O)N(CCCCCCCCCCCC)[C@@H]1O[C@H](CO)[C@@H](O)[C@H](O)[C@H]1NC(=O)[C@H](CC(C)C)NC(=O)OCc1ccccc1. The first-order valence-electron chi connectivity index (χ1n) is 22.8. The summed E-state index contributed by atoms with van der Waals surface area (Å²) in [6.07, 6.45) is 18.6. The number of carbonyl (C=O) groups excluding carboxylic acids is 3. The first-order valence-corrected chi connectivity index (χ1v) is 22.8. The molecule has 57 heavy (non-hydrogen) atoms. The fourth-order valence-corrected chi connectivity index (χ4v) is 7.64. The number of hydrogen-bond donors (Lipinski definition) is 5. The molecule has 0 aromatic heterocycles. The molecule has 328 valence electrons. The molecule has 0 spiro atoms. The number of aliphatic hydroxyl groups excluding tert-OH is 3. The number of benzene rings is 1. The Morgan fingerprint density at radius 2 is 1.25 bits per heavy atom. The van der Waals surface area contributed by atoms with E-state index in [1.165, 1.54) is 83.5 Å². The highest BCUT2D eigenvalue weighted by atomic mass is 16.6. The number of nitrogens with zero attached hydrogens (tertiary/aromatic N) is 1. The molecule has 5 N–H and O–H groups in total. The minimum atomic E-state index is -1.54. The molecule has 0 aliphatic carbocycles. The van der Waals surface area contributed by atoms with Crippen molar-refractivity contribution < 1.29 is 39.2 Å². The molecule has 1 aliphatic heterocycles. The molecule has 1 aliphatic rings. The summed E-state index contributed by atoms with van der Waals surface area (Å²) in [5.74, 6) is -0.722. The lowest BCUT2D eigenvalue weighted by Gasteiger charge is -2.47. The van der Waals surface area contributed by atoms with Gasteiger partial charge in [0.25, 0.3) is 0 Å². The zero-order valence-corrected chi connectivity index (χ0v) is 36.1. The van der Waals surface area contributed by atoms with E-state index >= 15 is 0 Å². The molecule has 1 aromatic carbocycles. The van der Waals surface area contributed by atoms with Crippen LogP contribution in [0.1, 0.15) is 181 Å². The number of amides is 3. The summed E-state index contributed by atoms with van der Waals surface area (Å²) < 4.78 is 11.6. The number of nitrogens with one attached hydrogen (secondary N) is 2. The lowest BCUT2D eigenvalue weighted by Crippen LogP contribution is -2.70. The van der Waals surface area contributed by atoms with Crippen molar-refractivity contribution in [2.75, 3.05) is 13.2 Å². The van der Waals surface area contributed by atoms with Crippen molar-refractivity contribution in [3.63, 3.8) is 0 Å². The van der Waals surface area contributed by atoms with Crippen LogP contribution in [-0.4, -0.2) is 87.9 Å². The van der Waals surface area contributed by atoms with E-state index < -0.39 is 55.2 Å². The third kappa shape index (κ3) is 21.2. The van der Waals surface area contributed by atoms with Crippen molar-refractivity contribution in [2.24, 2.45) is 5.92 Å². The Labute approximate surface area is 345 Å². The molecule has 1 fully saturated rings. The summed E-state index contributed by atoms with van der Waals surface area (Å²) in [4.78, 5) is 42.5. The number of aliphatic hydroxyl groups is 3. The maximum atomic E-state index is 14.1. The van der Waals surface area contributed by atoms with Crippen LogP contribution in [0, 0.1) is 5.92 Å². The van der Waals surface area contributed by atoms with Gasteiger partial charge in [0.1, 0.15) is 37.0 Å². The van der Waals surface area contributed by atoms with Crippen LogP contribution in [0.25, 0.3) is 0 Å². The van der Waals surface area contributed by atoms with Crippen LogP contribution in [0.5, 0.6) is 0 Å².